The predicted molar refractivity (Wildman–Crippen MR) is 128 cm³/mol. The Morgan fingerprint density at radius 3 is 1.94 bits per heavy atom. The summed E-state index contributed by atoms with van der Waals surface area (Å²) in [4.78, 5) is 0. The van der Waals surface area contributed by atoms with Gasteiger partial charge in [-0.25, -0.2) is 17.6 Å². The first-order chi connectivity index (χ1) is 17.1. The number of hydrogen-bond acceptors (Lipinski definition) is 0. The number of unbranched alkanes of at least 4 members (excludes halogenated alkanes) is 3. The van der Waals surface area contributed by atoms with Crippen LogP contribution in [0.15, 0.2) is 60.7 Å². The molecule has 0 saturated carbocycles. The fourth-order valence-corrected chi connectivity index (χ4v) is 4.39. The Morgan fingerprint density at radius 1 is 0.639 bits per heavy atom. The highest BCUT2D eigenvalue weighted by molar-refractivity contribution is 5.89. The second kappa shape index (κ2) is 10.3. The largest absolute Gasteiger partial charge is 0.422 e. The summed E-state index contributed by atoms with van der Waals surface area (Å²) in [6.07, 6.45) is 0.179. The molecule has 4 rings (SSSR count). The van der Waals surface area contributed by atoms with Gasteiger partial charge in [-0.2, -0.15) is 13.2 Å². The van der Waals surface area contributed by atoms with E-state index in [4.69, 9.17) is 0 Å². The van der Waals surface area contributed by atoms with Crippen molar-refractivity contribution in [1.82, 2.24) is 0 Å². The molecule has 0 amide bonds. The minimum Gasteiger partial charge on any atom is -0.206 e. The normalized spacial score (nSPS) is 11.9. The zero-order valence-electron chi connectivity index (χ0n) is 19.5. The first kappa shape index (κ1) is 25.7. The summed E-state index contributed by atoms with van der Waals surface area (Å²) in [5.74, 6) is -5.17. The van der Waals surface area contributed by atoms with Gasteiger partial charge in [0.25, 0.3) is 0 Å². The summed E-state index contributed by atoms with van der Waals surface area (Å²) in [7, 11) is 0. The number of alkyl halides is 3. The summed E-state index contributed by atoms with van der Waals surface area (Å²) in [5, 5.41) is 1.10. The molecule has 0 atom stereocenters. The monoisotopic (exact) mass is 504 g/mol. The quantitative estimate of drug-likeness (QED) is 0.174. The van der Waals surface area contributed by atoms with Crippen LogP contribution in [-0.2, 0) is 12.6 Å². The lowest BCUT2D eigenvalue weighted by atomic mass is 9.95. The van der Waals surface area contributed by atoms with Crippen molar-refractivity contribution in [3.8, 4) is 22.3 Å². The van der Waals surface area contributed by atoms with Crippen LogP contribution in [-0.4, -0.2) is 0 Å². The highest BCUT2D eigenvalue weighted by Gasteiger charge is 2.38. The van der Waals surface area contributed by atoms with E-state index in [2.05, 4.69) is 6.92 Å². The summed E-state index contributed by atoms with van der Waals surface area (Å²) in [6.45, 7) is 2.14. The first-order valence-corrected chi connectivity index (χ1v) is 11.7. The molecule has 0 aliphatic heterocycles. The van der Waals surface area contributed by atoms with Gasteiger partial charge in [0.15, 0.2) is 0 Å². The molecule has 0 fully saturated rings. The molecule has 0 aliphatic rings. The standard InChI is InChI=1S/C29H23F7/c1-2-3-4-5-6-17-7-10-22-18(13-17)9-12-23(28(22)33)19-8-11-21(24(30)14-19)20-15-25(31)27(26(32)16-20)29(34,35)36/h7-16H,2-6H2,1H3. The van der Waals surface area contributed by atoms with Gasteiger partial charge in [0.1, 0.15) is 28.8 Å². The van der Waals surface area contributed by atoms with E-state index in [9.17, 15) is 26.3 Å². The summed E-state index contributed by atoms with van der Waals surface area (Å²) in [6, 6.07) is 13.2. The van der Waals surface area contributed by atoms with E-state index in [1.807, 2.05) is 12.1 Å². The van der Waals surface area contributed by atoms with Crippen LogP contribution in [0.5, 0.6) is 0 Å². The fraction of sp³-hybridized carbons (Fsp3) is 0.241. The van der Waals surface area contributed by atoms with Crippen molar-refractivity contribution in [2.24, 2.45) is 0 Å². The van der Waals surface area contributed by atoms with Crippen molar-refractivity contribution < 1.29 is 30.7 Å². The van der Waals surface area contributed by atoms with E-state index >= 15 is 4.39 Å². The predicted octanol–water partition coefficient (Wildman–Crippen LogP) is 9.87. The third-order valence-electron chi connectivity index (χ3n) is 6.25. The lowest BCUT2D eigenvalue weighted by Gasteiger charge is -2.13. The molecule has 0 saturated heterocycles. The average Bonchev–Trinajstić information content (AvgIpc) is 2.80. The molecule has 0 nitrogen and oxygen atoms in total. The van der Waals surface area contributed by atoms with Gasteiger partial charge in [-0.3, -0.25) is 0 Å². The zero-order chi connectivity index (χ0) is 26.0. The average molecular weight is 504 g/mol. The Kier molecular flexibility index (Phi) is 7.38. The molecule has 0 radical (unpaired) electrons. The van der Waals surface area contributed by atoms with Gasteiger partial charge in [-0.15, -0.1) is 0 Å². The number of hydrogen-bond donors (Lipinski definition) is 0. The SMILES string of the molecule is CCCCCCc1ccc2c(F)c(-c3ccc(-c4cc(F)c(C(F)(F)F)c(F)c4)c(F)c3)ccc2c1. The van der Waals surface area contributed by atoms with E-state index in [0.29, 0.717) is 17.5 Å². The fourth-order valence-electron chi connectivity index (χ4n) is 4.39. The van der Waals surface area contributed by atoms with Gasteiger partial charge in [0.2, 0.25) is 0 Å². The lowest BCUT2D eigenvalue weighted by molar-refractivity contribution is -0.142. The Bertz CT molecular complexity index is 1380. The van der Waals surface area contributed by atoms with E-state index < -0.39 is 40.6 Å². The van der Waals surface area contributed by atoms with Gasteiger partial charge < -0.3 is 0 Å². The van der Waals surface area contributed by atoms with E-state index in [1.165, 1.54) is 18.6 Å². The molecule has 7 heteroatoms. The molecule has 4 aromatic carbocycles. The van der Waals surface area contributed by atoms with Gasteiger partial charge >= 0.3 is 6.18 Å². The minimum atomic E-state index is -5.22. The van der Waals surface area contributed by atoms with Crippen molar-refractivity contribution in [1.29, 1.82) is 0 Å². The second-order valence-corrected chi connectivity index (χ2v) is 8.80. The highest BCUT2D eigenvalue weighted by atomic mass is 19.4. The molecule has 0 aromatic heterocycles. The molecule has 0 bridgehead atoms. The number of halogens is 7. The van der Waals surface area contributed by atoms with Crippen molar-refractivity contribution in [3.63, 3.8) is 0 Å². The molecule has 36 heavy (non-hydrogen) atoms. The number of fused-ring (bicyclic) bond motifs is 1. The topological polar surface area (TPSA) is 0 Å². The first-order valence-electron chi connectivity index (χ1n) is 11.7. The third-order valence-corrected chi connectivity index (χ3v) is 6.25. The molecular weight excluding hydrogens is 481 g/mol. The molecule has 0 unspecified atom stereocenters. The number of aryl methyl sites for hydroxylation is 1. The maximum absolute atomic E-state index is 15.3. The summed E-state index contributed by atoms with van der Waals surface area (Å²) >= 11 is 0. The van der Waals surface area contributed by atoms with Crippen LogP contribution in [0, 0.1) is 23.3 Å². The van der Waals surface area contributed by atoms with Gasteiger partial charge in [-0.1, -0.05) is 68.7 Å². The van der Waals surface area contributed by atoms with Crippen LogP contribution in [0.2, 0.25) is 0 Å². The Balaban J connectivity index is 1.65. The molecule has 0 spiro atoms. The van der Waals surface area contributed by atoms with Crippen LogP contribution >= 0.6 is 0 Å². The Morgan fingerprint density at radius 2 is 1.31 bits per heavy atom. The smallest absolute Gasteiger partial charge is 0.206 e. The molecule has 188 valence electrons. The number of rotatable bonds is 7. The molecule has 0 N–H and O–H groups in total. The van der Waals surface area contributed by atoms with Gasteiger partial charge in [-0.05, 0) is 53.1 Å². The van der Waals surface area contributed by atoms with Crippen molar-refractivity contribution >= 4 is 10.8 Å². The van der Waals surface area contributed by atoms with Gasteiger partial charge in [0, 0.05) is 16.5 Å². The summed E-state index contributed by atoms with van der Waals surface area (Å²) < 4.78 is 96.7. The van der Waals surface area contributed by atoms with Gasteiger partial charge in [0.05, 0.1) is 0 Å². The maximum Gasteiger partial charge on any atom is 0.422 e. The Hall–Kier alpha value is -3.35. The lowest BCUT2D eigenvalue weighted by Crippen LogP contribution is -2.11. The number of benzene rings is 4. The zero-order valence-corrected chi connectivity index (χ0v) is 19.5. The third kappa shape index (κ3) is 5.25. The van der Waals surface area contributed by atoms with Crippen LogP contribution in [0.3, 0.4) is 0 Å². The second-order valence-electron chi connectivity index (χ2n) is 8.80. The van der Waals surface area contributed by atoms with E-state index in [0.717, 1.165) is 48.8 Å². The van der Waals surface area contributed by atoms with Crippen LogP contribution < -0.4 is 0 Å². The van der Waals surface area contributed by atoms with Crippen molar-refractivity contribution in [3.05, 3.63) is 95.1 Å². The van der Waals surface area contributed by atoms with Crippen molar-refractivity contribution in [2.45, 2.75) is 45.2 Å². The van der Waals surface area contributed by atoms with Crippen LogP contribution in [0.4, 0.5) is 30.7 Å². The molecular formula is C29H23F7. The molecule has 0 aliphatic carbocycles. The Labute approximate surface area is 204 Å². The molecule has 0 heterocycles. The van der Waals surface area contributed by atoms with Crippen molar-refractivity contribution in [2.75, 3.05) is 0 Å². The maximum atomic E-state index is 15.3. The van der Waals surface area contributed by atoms with E-state index in [1.54, 1.807) is 12.1 Å². The van der Waals surface area contributed by atoms with Crippen LogP contribution in [0.25, 0.3) is 33.0 Å². The molecule has 4 aromatic rings. The highest BCUT2D eigenvalue weighted by Crippen LogP contribution is 2.37. The minimum absolute atomic E-state index is 0.133. The van der Waals surface area contributed by atoms with Crippen LogP contribution in [0.1, 0.15) is 43.7 Å². The van der Waals surface area contributed by atoms with E-state index in [-0.39, 0.29) is 16.7 Å². The summed E-state index contributed by atoms with van der Waals surface area (Å²) in [5.41, 5.74) is -1.31.